The summed E-state index contributed by atoms with van der Waals surface area (Å²) >= 11 is 0. The molecule has 15 aromatic carbocycles. The second-order valence-corrected chi connectivity index (χ2v) is 37.1. The number of hydrogen-bond donors (Lipinski definition) is 0. The van der Waals surface area contributed by atoms with Crippen LogP contribution in [0.1, 0.15) is 45.2 Å². The lowest BCUT2D eigenvalue weighted by Gasteiger charge is -2.37. The predicted molar refractivity (Wildman–Crippen MR) is 408 cm³/mol. The van der Waals surface area contributed by atoms with Gasteiger partial charge >= 0.3 is 0 Å². The Hall–Kier alpha value is -11.0. The molecule has 2 aliphatic carbocycles. The summed E-state index contributed by atoms with van der Waals surface area (Å²) in [5, 5.41) is 16.4. The third-order valence-corrected chi connectivity index (χ3v) is 35.2. The molecule has 1 atom stereocenters. The molecule has 15 aromatic rings. The summed E-state index contributed by atoms with van der Waals surface area (Å²) in [5.74, 6) is 0.0504. The molecule has 0 aromatic heterocycles. The number of rotatable bonds is 15. The van der Waals surface area contributed by atoms with Crippen molar-refractivity contribution in [1.82, 2.24) is 0 Å². The zero-order chi connectivity index (χ0) is 63.2. The Bertz CT molecular complexity index is 4920. The van der Waals surface area contributed by atoms with E-state index in [4.69, 9.17) is 0 Å². The highest BCUT2D eigenvalue weighted by molar-refractivity contribution is 7.21. The monoisotopic (exact) mass is 1260 g/mol. The lowest BCUT2D eigenvalue weighted by atomic mass is 9.84. The van der Waals surface area contributed by atoms with Gasteiger partial charge in [0.15, 0.2) is 24.2 Å². The van der Waals surface area contributed by atoms with Crippen molar-refractivity contribution in [2.45, 2.75) is 11.8 Å². The Morgan fingerprint density at radius 2 is 0.368 bits per heavy atom. The molecule has 0 saturated carbocycles. The molecule has 0 nitrogen and oxygen atoms in total. The van der Waals surface area contributed by atoms with Crippen LogP contribution in [0.25, 0.3) is 33.4 Å². The molecule has 95 heavy (non-hydrogen) atoms. The summed E-state index contributed by atoms with van der Waals surface area (Å²) in [5.41, 5.74) is 15.7. The number of hydrogen-bond acceptors (Lipinski definition) is 0. The Morgan fingerprint density at radius 1 is 0.147 bits per heavy atom. The average Bonchev–Trinajstić information content (AvgIpc) is 1.46. The van der Waals surface area contributed by atoms with Crippen LogP contribution in [-0.2, 0) is 0 Å². The molecular formula is C92H68Si3. The van der Waals surface area contributed by atoms with E-state index in [1.165, 1.54) is 129 Å². The van der Waals surface area contributed by atoms with Gasteiger partial charge in [0.25, 0.3) is 0 Å². The Balaban J connectivity index is 0.821. The van der Waals surface area contributed by atoms with Crippen LogP contribution >= 0.6 is 0 Å². The van der Waals surface area contributed by atoms with E-state index in [1.807, 2.05) is 0 Å². The van der Waals surface area contributed by atoms with Crippen LogP contribution < -0.4 is 62.2 Å². The second-order valence-electron chi connectivity index (χ2n) is 25.7. The van der Waals surface area contributed by atoms with E-state index in [9.17, 15) is 0 Å². The minimum Gasteiger partial charge on any atom is -0.0623 e. The van der Waals surface area contributed by atoms with Crippen LogP contribution in [0.2, 0.25) is 0 Å². The highest BCUT2D eigenvalue weighted by Gasteiger charge is 2.46. The molecule has 2 aliphatic rings. The fourth-order valence-corrected chi connectivity index (χ4v) is 31.2. The summed E-state index contributed by atoms with van der Waals surface area (Å²) in [7, 11) is -8.77. The molecule has 0 fully saturated rings. The van der Waals surface area contributed by atoms with E-state index in [1.54, 1.807) is 0 Å². The molecule has 0 spiro atoms. The quantitative estimate of drug-likeness (QED) is 0.0709. The fraction of sp³-hybridized carbons (Fsp3) is 0.0217. The minimum atomic E-state index is -3.01. The summed E-state index contributed by atoms with van der Waals surface area (Å²) in [6, 6.07) is 153. The molecule has 0 heterocycles. The first kappa shape index (κ1) is 57.8. The van der Waals surface area contributed by atoms with Crippen LogP contribution in [0.15, 0.2) is 400 Å². The van der Waals surface area contributed by atoms with Crippen LogP contribution in [0.5, 0.6) is 0 Å². The molecule has 0 N–H and O–H groups in total. The van der Waals surface area contributed by atoms with Crippen molar-refractivity contribution in [2.24, 2.45) is 0 Å². The molecule has 0 radical (unpaired) electrons. The maximum absolute atomic E-state index is 3.01. The first-order valence-corrected chi connectivity index (χ1v) is 39.4. The van der Waals surface area contributed by atoms with Crippen molar-refractivity contribution >= 4 is 86.5 Å². The predicted octanol–water partition coefficient (Wildman–Crippen LogP) is 13.8. The van der Waals surface area contributed by atoms with Gasteiger partial charge in [0.2, 0.25) is 0 Å². The van der Waals surface area contributed by atoms with E-state index < -0.39 is 24.2 Å². The number of benzene rings is 15. The summed E-state index contributed by atoms with van der Waals surface area (Å²) < 4.78 is 0. The second kappa shape index (κ2) is 24.4. The lowest BCUT2D eigenvalue weighted by Crippen LogP contribution is -2.76. The molecule has 448 valence electrons. The van der Waals surface area contributed by atoms with Gasteiger partial charge in [-0.2, -0.15) is 0 Å². The van der Waals surface area contributed by atoms with Gasteiger partial charge < -0.3 is 0 Å². The minimum absolute atomic E-state index is 0.00658. The third-order valence-electron chi connectivity index (χ3n) is 20.9. The Kier molecular flexibility index (Phi) is 14.9. The normalized spacial score (nSPS) is 13.3. The van der Waals surface area contributed by atoms with Crippen molar-refractivity contribution in [3.05, 3.63) is 434 Å². The van der Waals surface area contributed by atoms with Crippen molar-refractivity contribution in [2.75, 3.05) is 0 Å². The maximum atomic E-state index is 2.63. The van der Waals surface area contributed by atoms with E-state index in [-0.39, 0.29) is 11.8 Å². The van der Waals surface area contributed by atoms with Crippen molar-refractivity contribution in [3.63, 3.8) is 0 Å². The maximum Gasteiger partial charge on any atom is 0.179 e. The standard InChI is InChI=1S/C92H68Si3/c1-9-31-71(32-10-1)93(72-33-11-2-12-34-72,73-35-13-3-14-36-73)80-58-60-81(61-59-80)94(74-37-15-4-16-38-74,75-39-17-5-18-40-75)79-56-53-67(54-57-79)68-55-62-89-90(66-68)85-49-27-30-52-88(85)92(89)70-63-69(91-86-50-28-25-47-83(86)84-48-26-29-51-87(84)91)64-82(65-70)95(76-41-19-6-20-42-76,77-43-21-7-22-44-77)78-45-23-8-24-46-78/h1-66,91-92H. The van der Waals surface area contributed by atoms with E-state index in [0.29, 0.717) is 0 Å². The van der Waals surface area contributed by atoms with Crippen molar-refractivity contribution < 1.29 is 0 Å². The van der Waals surface area contributed by atoms with Gasteiger partial charge in [-0.05, 0) is 135 Å². The van der Waals surface area contributed by atoms with Gasteiger partial charge in [-0.15, -0.1) is 0 Å². The first-order chi connectivity index (χ1) is 47.1. The van der Waals surface area contributed by atoms with Crippen LogP contribution in [-0.4, -0.2) is 24.2 Å². The van der Waals surface area contributed by atoms with E-state index >= 15 is 0 Å². The van der Waals surface area contributed by atoms with Crippen molar-refractivity contribution in [3.8, 4) is 33.4 Å². The zero-order valence-corrected chi connectivity index (χ0v) is 55.8. The smallest absolute Gasteiger partial charge is 0.0623 e. The molecule has 3 heteroatoms. The summed E-state index contributed by atoms with van der Waals surface area (Å²) in [6.07, 6.45) is 0. The van der Waals surface area contributed by atoms with Crippen LogP contribution in [0.3, 0.4) is 0 Å². The lowest BCUT2D eigenvalue weighted by molar-refractivity contribution is 0.975. The molecule has 0 bridgehead atoms. The van der Waals surface area contributed by atoms with E-state index in [0.717, 1.165) is 0 Å². The first-order valence-electron chi connectivity index (χ1n) is 33.4. The van der Waals surface area contributed by atoms with Gasteiger partial charge in [0, 0.05) is 11.8 Å². The largest absolute Gasteiger partial charge is 0.179 e. The highest BCUT2D eigenvalue weighted by Crippen LogP contribution is 2.52. The van der Waals surface area contributed by atoms with Gasteiger partial charge in [-0.25, -0.2) is 0 Å². The zero-order valence-electron chi connectivity index (χ0n) is 52.8. The van der Waals surface area contributed by atoms with Gasteiger partial charge in [-0.3, -0.25) is 0 Å². The molecular weight excluding hydrogens is 1190 g/mol. The van der Waals surface area contributed by atoms with Crippen LogP contribution in [0.4, 0.5) is 0 Å². The van der Waals surface area contributed by atoms with Gasteiger partial charge in [-0.1, -0.05) is 394 Å². The van der Waals surface area contributed by atoms with Crippen LogP contribution in [0, 0.1) is 0 Å². The van der Waals surface area contributed by atoms with Gasteiger partial charge in [0.1, 0.15) is 0 Å². The highest BCUT2D eigenvalue weighted by atomic mass is 28.3. The third kappa shape index (κ3) is 9.52. The van der Waals surface area contributed by atoms with Gasteiger partial charge in [0.05, 0.1) is 0 Å². The average molecular weight is 1260 g/mol. The Labute approximate surface area is 561 Å². The summed E-state index contributed by atoms with van der Waals surface area (Å²) in [6.45, 7) is 0. The molecule has 1 unspecified atom stereocenters. The van der Waals surface area contributed by atoms with Crippen molar-refractivity contribution in [1.29, 1.82) is 0 Å². The molecule has 17 rings (SSSR count). The molecule has 0 aliphatic heterocycles. The van der Waals surface area contributed by atoms with E-state index in [2.05, 4.69) is 400 Å². The SMILES string of the molecule is c1ccc([Si](c2ccccc2)(c2ccccc2)c2ccc([Si](c3ccccc3)(c3ccccc3)c3ccc(-c4ccc5c(c4)-c4ccccc4C5c4cc(C5c6ccccc6-c6ccccc65)cc([Si](c5ccccc5)(c5ccccc5)c5ccccc5)c4)cc3)cc2)cc1. The fourth-order valence-electron chi connectivity index (χ4n) is 16.9. The topological polar surface area (TPSA) is 0 Å². The molecule has 0 amide bonds. The molecule has 0 saturated heterocycles. The summed E-state index contributed by atoms with van der Waals surface area (Å²) in [4.78, 5) is 0. The number of fused-ring (bicyclic) bond motifs is 6. The Morgan fingerprint density at radius 3 is 0.674 bits per heavy atom.